The van der Waals surface area contributed by atoms with Gasteiger partial charge in [0, 0.05) is 6.20 Å². The molecule has 0 bridgehead atoms. The molecular weight excluding hydrogens is 443 g/mol. The maximum absolute atomic E-state index is 12.9. The lowest BCUT2D eigenvalue weighted by Crippen LogP contribution is -2.12. The zero-order valence-corrected chi connectivity index (χ0v) is 16.2. The van der Waals surface area contributed by atoms with Gasteiger partial charge in [-0.3, -0.25) is 4.79 Å². The lowest BCUT2D eigenvalue weighted by molar-refractivity contribution is 0.100. The molecule has 12 heteroatoms. The van der Waals surface area contributed by atoms with Crippen LogP contribution in [0.15, 0.2) is 35.4 Å². The number of hydrogen-bond donors (Lipinski definition) is 1. The molecular formula is C16H11F5N2O2S3. The zero-order valence-electron chi connectivity index (χ0n) is 13.8. The number of carbonyl (C=O) groups excluding carboxylic acids is 1. The Morgan fingerprint density at radius 3 is 2.39 bits per heavy atom. The number of thiophene rings is 1. The van der Waals surface area contributed by atoms with E-state index >= 15 is 0 Å². The summed E-state index contributed by atoms with van der Waals surface area (Å²) >= 11 is 2.18. The third-order valence-corrected chi connectivity index (χ3v) is 7.34. The summed E-state index contributed by atoms with van der Waals surface area (Å²) in [5.41, 5.74) is 7.73. The van der Waals surface area contributed by atoms with E-state index in [1.54, 1.807) is 6.20 Å². The summed E-state index contributed by atoms with van der Waals surface area (Å²) in [5.74, 6) is -0.706. The molecule has 0 radical (unpaired) electrons. The van der Waals surface area contributed by atoms with Crippen LogP contribution in [0.5, 0.6) is 10.8 Å². The summed E-state index contributed by atoms with van der Waals surface area (Å²) in [6, 6.07) is 2.20. The summed E-state index contributed by atoms with van der Waals surface area (Å²) < 4.78 is 74.1. The van der Waals surface area contributed by atoms with E-state index in [0.29, 0.717) is 28.8 Å². The highest BCUT2D eigenvalue weighted by molar-refractivity contribution is 8.45. The number of halogens is 5. The van der Waals surface area contributed by atoms with Crippen LogP contribution in [0.25, 0.3) is 10.4 Å². The molecule has 3 aromatic rings. The normalized spacial score (nSPS) is 15.9. The number of amides is 1. The van der Waals surface area contributed by atoms with Crippen molar-refractivity contribution in [2.75, 3.05) is 0 Å². The SMILES string of the molecule is NC(=O)c1sc(Oc2ccc(S(F)(F)(F)(F)F)cc2)c2c1CCc1cnsc1-2. The Hall–Kier alpha value is -2.18. The fraction of sp³-hybridized carbons (Fsp3) is 0.125. The molecule has 2 heterocycles. The van der Waals surface area contributed by atoms with Crippen molar-refractivity contribution in [1.29, 1.82) is 0 Å². The van der Waals surface area contributed by atoms with Crippen molar-refractivity contribution in [2.45, 2.75) is 17.7 Å². The first kappa shape index (κ1) is 19.2. The van der Waals surface area contributed by atoms with E-state index in [1.807, 2.05) is 0 Å². The first-order valence-corrected chi connectivity index (χ1v) is 11.3. The lowest BCUT2D eigenvalue weighted by Gasteiger charge is -2.40. The van der Waals surface area contributed by atoms with Crippen LogP contribution in [-0.2, 0) is 12.8 Å². The molecule has 0 unspecified atom stereocenters. The Balaban J connectivity index is 1.75. The molecule has 0 saturated heterocycles. The number of benzene rings is 1. The van der Waals surface area contributed by atoms with E-state index < -0.39 is 21.0 Å². The summed E-state index contributed by atoms with van der Waals surface area (Å²) in [6.07, 6.45) is 2.92. The Kier molecular flexibility index (Phi) is 3.73. The van der Waals surface area contributed by atoms with E-state index in [4.69, 9.17) is 10.5 Å². The highest BCUT2D eigenvalue weighted by Crippen LogP contribution is 3.02. The van der Waals surface area contributed by atoms with E-state index in [9.17, 15) is 24.2 Å². The van der Waals surface area contributed by atoms with Crippen LogP contribution < -0.4 is 10.5 Å². The second kappa shape index (κ2) is 5.45. The van der Waals surface area contributed by atoms with Crippen molar-refractivity contribution in [2.24, 2.45) is 5.73 Å². The van der Waals surface area contributed by atoms with Gasteiger partial charge in [-0.05, 0) is 59.8 Å². The number of aromatic nitrogens is 1. The number of fused-ring (bicyclic) bond motifs is 3. The molecule has 0 atom stereocenters. The van der Waals surface area contributed by atoms with Gasteiger partial charge in [-0.2, -0.15) is 0 Å². The number of hydrogen-bond acceptors (Lipinski definition) is 5. The molecule has 4 nitrogen and oxygen atoms in total. The lowest BCUT2D eigenvalue weighted by atomic mass is 9.93. The Morgan fingerprint density at radius 1 is 1.11 bits per heavy atom. The van der Waals surface area contributed by atoms with Crippen LogP contribution in [0.3, 0.4) is 0 Å². The molecule has 1 amide bonds. The zero-order chi connectivity index (χ0) is 20.4. The largest absolute Gasteiger partial charge is 0.446 e. The summed E-state index contributed by atoms with van der Waals surface area (Å²) in [5, 5.41) is 0.258. The van der Waals surface area contributed by atoms with Gasteiger partial charge >= 0.3 is 10.2 Å². The Labute approximate surface area is 163 Å². The fourth-order valence-electron chi connectivity index (χ4n) is 2.96. The molecule has 0 aliphatic heterocycles. The van der Waals surface area contributed by atoms with Crippen molar-refractivity contribution in [3.8, 4) is 21.3 Å². The molecule has 1 aromatic carbocycles. The molecule has 4 rings (SSSR count). The molecule has 1 aliphatic carbocycles. The summed E-state index contributed by atoms with van der Waals surface area (Å²) in [4.78, 5) is 10.9. The topological polar surface area (TPSA) is 65.2 Å². The molecule has 28 heavy (non-hydrogen) atoms. The van der Waals surface area contributed by atoms with Crippen LogP contribution in [0.4, 0.5) is 19.4 Å². The number of carbonyl (C=O) groups is 1. The van der Waals surface area contributed by atoms with Crippen molar-refractivity contribution in [3.05, 3.63) is 46.5 Å². The molecule has 2 aromatic heterocycles. The van der Waals surface area contributed by atoms with Crippen molar-refractivity contribution in [1.82, 2.24) is 4.37 Å². The third kappa shape index (κ3) is 3.35. The van der Waals surface area contributed by atoms with Crippen LogP contribution in [-0.4, -0.2) is 10.3 Å². The maximum atomic E-state index is 12.9. The molecule has 0 saturated carbocycles. The standard InChI is InChI=1S/C16H11F5N2O2S3/c17-28(18,19,20,21)10-4-2-9(3-5-10)25-16-12-11(14(26-16)15(22)24)6-1-8-7-23-27-13(8)12/h2-5,7H,1,6H2,(H2,22,24). The first-order chi connectivity index (χ1) is 12.8. The second-order valence-corrected chi connectivity index (χ2v) is 10.4. The number of primary amides is 1. The molecule has 0 fully saturated rings. The summed E-state index contributed by atoms with van der Waals surface area (Å²) in [6.45, 7) is 0. The van der Waals surface area contributed by atoms with Crippen LogP contribution >= 0.6 is 33.1 Å². The van der Waals surface area contributed by atoms with Gasteiger partial charge in [0.25, 0.3) is 5.91 Å². The number of ether oxygens (including phenoxy) is 1. The second-order valence-electron chi connectivity index (χ2n) is 6.16. The highest BCUT2D eigenvalue weighted by Gasteiger charge is 2.65. The van der Waals surface area contributed by atoms with Gasteiger partial charge in [-0.25, -0.2) is 4.37 Å². The van der Waals surface area contributed by atoms with E-state index in [0.717, 1.165) is 33.9 Å². The fourth-order valence-corrected chi connectivity index (χ4v) is 5.62. The average Bonchev–Trinajstić information content (AvgIpc) is 3.17. The van der Waals surface area contributed by atoms with Gasteiger partial charge in [0.1, 0.15) is 10.6 Å². The minimum atomic E-state index is -9.75. The van der Waals surface area contributed by atoms with E-state index in [2.05, 4.69) is 4.37 Å². The number of nitrogens with zero attached hydrogens (tertiary/aromatic N) is 1. The Bertz CT molecular complexity index is 1110. The smallest absolute Gasteiger partial charge is 0.310 e. The molecule has 2 N–H and O–H groups in total. The minimum absolute atomic E-state index is 0.0673. The molecule has 0 spiro atoms. The predicted molar refractivity (Wildman–Crippen MR) is 99.3 cm³/mol. The van der Waals surface area contributed by atoms with Crippen LogP contribution in [0, 0.1) is 0 Å². The predicted octanol–water partition coefficient (Wildman–Crippen LogP) is 6.52. The maximum Gasteiger partial charge on any atom is 0.310 e. The van der Waals surface area contributed by atoms with Crippen LogP contribution in [0.2, 0.25) is 0 Å². The van der Waals surface area contributed by atoms with Gasteiger partial charge in [0.05, 0.1) is 15.3 Å². The molecule has 1 aliphatic rings. The van der Waals surface area contributed by atoms with Crippen molar-refractivity contribution in [3.63, 3.8) is 0 Å². The Morgan fingerprint density at radius 2 is 1.79 bits per heavy atom. The van der Waals surface area contributed by atoms with Gasteiger partial charge in [-0.15, -0.1) is 0 Å². The van der Waals surface area contributed by atoms with Crippen molar-refractivity contribution < 1.29 is 29.0 Å². The van der Waals surface area contributed by atoms with E-state index in [1.165, 1.54) is 11.5 Å². The van der Waals surface area contributed by atoms with Gasteiger partial charge in [-0.1, -0.05) is 30.8 Å². The average molecular weight is 454 g/mol. The summed E-state index contributed by atoms with van der Waals surface area (Å²) in [7, 11) is -9.75. The highest BCUT2D eigenvalue weighted by atomic mass is 32.5. The van der Waals surface area contributed by atoms with Gasteiger partial charge < -0.3 is 10.5 Å². The van der Waals surface area contributed by atoms with Gasteiger partial charge in [0.2, 0.25) is 0 Å². The van der Waals surface area contributed by atoms with Crippen LogP contribution in [0.1, 0.15) is 20.8 Å². The number of rotatable bonds is 4. The number of aryl methyl sites for hydroxylation is 1. The van der Waals surface area contributed by atoms with E-state index in [-0.39, 0.29) is 22.9 Å². The molecule has 150 valence electrons. The third-order valence-electron chi connectivity index (χ3n) is 4.19. The van der Waals surface area contributed by atoms with Crippen molar-refractivity contribution >= 4 is 39.0 Å². The minimum Gasteiger partial charge on any atom is -0.446 e. The number of nitrogens with two attached hydrogens (primary N) is 1. The quantitative estimate of drug-likeness (QED) is 0.457. The first-order valence-electron chi connectivity index (χ1n) is 7.75. The monoisotopic (exact) mass is 454 g/mol. The van der Waals surface area contributed by atoms with Gasteiger partial charge in [0.15, 0.2) is 5.06 Å².